The second-order valence-electron chi connectivity index (χ2n) is 7.97. The molecule has 4 rings (SSSR count). The number of aliphatic imine (C=N–C) groups is 1. The summed E-state index contributed by atoms with van der Waals surface area (Å²) in [6.07, 6.45) is 2.55. The Labute approximate surface area is 188 Å². The Morgan fingerprint density at radius 1 is 1.12 bits per heavy atom. The average Bonchev–Trinajstić information content (AvgIpc) is 3.51. The molecule has 3 N–H and O–H groups in total. The first-order valence-electron chi connectivity index (χ1n) is 10.8. The van der Waals surface area contributed by atoms with Gasteiger partial charge in [0.15, 0.2) is 11.7 Å². The third-order valence-electron chi connectivity index (χ3n) is 5.57. The zero-order valence-electron chi connectivity index (χ0n) is 18.5. The quantitative estimate of drug-likeness (QED) is 0.409. The van der Waals surface area contributed by atoms with Crippen molar-refractivity contribution in [1.29, 1.82) is 0 Å². The van der Waals surface area contributed by atoms with E-state index in [-0.39, 0.29) is 5.91 Å². The van der Waals surface area contributed by atoms with Gasteiger partial charge in [-0.15, -0.1) is 0 Å². The van der Waals surface area contributed by atoms with Gasteiger partial charge in [0.1, 0.15) is 0 Å². The van der Waals surface area contributed by atoms with Crippen molar-refractivity contribution in [3.05, 3.63) is 83.8 Å². The second kappa shape index (κ2) is 10.0. The van der Waals surface area contributed by atoms with Gasteiger partial charge in [-0.1, -0.05) is 29.8 Å². The summed E-state index contributed by atoms with van der Waals surface area (Å²) >= 11 is 0. The number of amides is 1. The van der Waals surface area contributed by atoms with Crippen molar-refractivity contribution in [2.75, 3.05) is 30.4 Å². The molecule has 7 nitrogen and oxygen atoms in total. The van der Waals surface area contributed by atoms with Gasteiger partial charge < -0.3 is 25.3 Å². The number of furan rings is 1. The smallest absolute Gasteiger partial charge is 0.291 e. The van der Waals surface area contributed by atoms with Crippen LogP contribution in [0, 0.1) is 6.92 Å². The van der Waals surface area contributed by atoms with Crippen LogP contribution in [0.15, 0.2) is 76.3 Å². The molecule has 0 saturated carbocycles. The van der Waals surface area contributed by atoms with Gasteiger partial charge in [0.2, 0.25) is 0 Å². The molecule has 1 fully saturated rings. The largest absolute Gasteiger partial charge is 0.459 e. The zero-order valence-corrected chi connectivity index (χ0v) is 18.5. The fraction of sp³-hybridized carbons (Fsp3) is 0.280. The van der Waals surface area contributed by atoms with E-state index in [0.717, 1.165) is 36.7 Å². The summed E-state index contributed by atoms with van der Waals surface area (Å²) in [5, 5.41) is 9.73. The minimum absolute atomic E-state index is 0.262. The standard InChI is InChI=1S/C25H29N5O2/c1-18-5-11-22(12-6-18)30-14-13-21(17-30)29-25(26-2)27-16-19-7-9-20(10-8-19)28-24(31)23-4-3-15-32-23/h3-12,15,21H,13-14,16-17H2,1-2H3,(H,28,31)(H2,26,27,29). The number of carbonyl (C=O) groups excluding carboxylic acids is 1. The monoisotopic (exact) mass is 431 g/mol. The number of guanidine groups is 1. The number of rotatable bonds is 6. The molecule has 3 aromatic rings. The number of carbonyl (C=O) groups is 1. The molecule has 1 amide bonds. The minimum Gasteiger partial charge on any atom is -0.459 e. The summed E-state index contributed by atoms with van der Waals surface area (Å²) in [7, 11) is 1.79. The Balaban J connectivity index is 1.25. The lowest BCUT2D eigenvalue weighted by molar-refractivity contribution is 0.0996. The lowest BCUT2D eigenvalue weighted by atomic mass is 10.2. The first kappa shape index (κ1) is 21.5. The highest BCUT2D eigenvalue weighted by Gasteiger charge is 2.23. The molecule has 32 heavy (non-hydrogen) atoms. The predicted octanol–water partition coefficient (Wildman–Crippen LogP) is 3.78. The van der Waals surface area contributed by atoms with Crippen molar-refractivity contribution in [2.24, 2.45) is 4.99 Å². The third-order valence-corrected chi connectivity index (χ3v) is 5.57. The van der Waals surface area contributed by atoms with E-state index in [1.54, 1.807) is 19.2 Å². The molecule has 1 atom stereocenters. The predicted molar refractivity (Wildman–Crippen MR) is 128 cm³/mol. The first-order valence-corrected chi connectivity index (χ1v) is 10.8. The maximum absolute atomic E-state index is 12.1. The van der Waals surface area contributed by atoms with Crippen LogP contribution in [0.25, 0.3) is 0 Å². The molecule has 0 spiro atoms. The number of hydrogen-bond donors (Lipinski definition) is 3. The highest BCUT2D eigenvalue weighted by atomic mass is 16.3. The Bertz CT molecular complexity index is 1040. The van der Waals surface area contributed by atoms with Crippen LogP contribution in [0.5, 0.6) is 0 Å². The summed E-state index contributed by atoms with van der Waals surface area (Å²) in [5.41, 5.74) is 4.36. The molecule has 7 heteroatoms. The maximum Gasteiger partial charge on any atom is 0.291 e. The molecule has 1 aromatic heterocycles. The summed E-state index contributed by atoms with van der Waals surface area (Å²) in [6, 6.07) is 20.1. The zero-order chi connectivity index (χ0) is 22.3. The van der Waals surface area contributed by atoms with Gasteiger partial charge in [0.25, 0.3) is 5.91 Å². The molecule has 2 heterocycles. The van der Waals surface area contributed by atoms with Gasteiger partial charge in [-0.3, -0.25) is 9.79 Å². The van der Waals surface area contributed by atoms with Gasteiger partial charge in [-0.2, -0.15) is 0 Å². The number of benzene rings is 2. The van der Waals surface area contributed by atoms with Crippen LogP contribution >= 0.6 is 0 Å². The normalized spacial score (nSPS) is 16.1. The van der Waals surface area contributed by atoms with Gasteiger partial charge in [-0.05, 0) is 55.3 Å². The molecular weight excluding hydrogens is 402 g/mol. The SMILES string of the molecule is CN=C(NCc1ccc(NC(=O)c2ccco2)cc1)NC1CCN(c2ccc(C)cc2)C1. The van der Waals surface area contributed by atoms with E-state index in [4.69, 9.17) is 4.42 Å². The fourth-order valence-corrected chi connectivity index (χ4v) is 3.75. The molecule has 1 aliphatic heterocycles. The van der Waals surface area contributed by atoms with Gasteiger partial charge >= 0.3 is 0 Å². The van der Waals surface area contributed by atoms with E-state index < -0.39 is 0 Å². The minimum atomic E-state index is -0.262. The lowest BCUT2D eigenvalue weighted by Crippen LogP contribution is -2.44. The highest BCUT2D eigenvalue weighted by Crippen LogP contribution is 2.20. The van der Waals surface area contributed by atoms with E-state index in [0.29, 0.717) is 18.3 Å². The Morgan fingerprint density at radius 2 is 1.91 bits per heavy atom. The topological polar surface area (TPSA) is 81.9 Å². The fourth-order valence-electron chi connectivity index (χ4n) is 3.75. The lowest BCUT2D eigenvalue weighted by Gasteiger charge is -2.20. The van der Waals surface area contributed by atoms with Crippen molar-refractivity contribution < 1.29 is 9.21 Å². The Hall–Kier alpha value is -3.74. The molecular formula is C25H29N5O2. The van der Waals surface area contributed by atoms with Crippen LogP contribution in [0.3, 0.4) is 0 Å². The van der Waals surface area contributed by atoms with E-state index in [9.17, 15) is 4.79 Å². The Morgan fingerprint density at radius 3 is 2.59 bits per heavy atom. The summed E-state index contributed by atoms with van der Waals surface area (Å²) in [6.45, 7) is 4.73. The van der Waals surface area contributed by atoms with Crippen molar-refractivity contribution in [3.8, 4) is 0 Å². The van der Waals surface area contributed by atoms with E-state index >= 15 is 0 Å². The van der Waals surface area contributed by atoms with E-state index in [1.807, 2.05) is 24.3 Å². The molecule has 166 valence electrons. The number of nitrogens with zero attached hydrogens (tertiary/aromatic N) is 2. The summed E-state index contributed by atoms with van der Waals surface area (Å²) in [5.74, 6) is 0.816. The molecule has 0 aliphatic carbocycles. The molecule has 1 unspecified atom stereocenters. The van der Waals surface area contributed by atoms with Crippen LogP contribution in [0.2, 0.25) is 0 Å². The van der Waals surface area contributed by atoms with Crippen molar-refractivity contribution in [3.63, 3.8) is 0 Å². The number of hydrogen-bond acceptors (Lipinski definition) is 4. The number of nitrogens with one attached hydrogen (secondary N) is 3. The van der Waals surface area contributed by atoms with Crippen LogP contribution in [0.4, 0.5) is 11.4 Å². The van der Waals surface area contributed by atoms with Crippen LogP contribution in [-0.2, 0) is 6.54 Å². The summed E-state index contributed by atoms with van der Waals surface area (Å²) in [4.78, 5) is 18.8. The van der Waals surface area contributed by atoms with Crippen LogP contribution < -0.4 is 20.9 Å². The molecule has 1 saturated heterocycles. The summed E-state index contributed by atoms with van der Waals surface area (Å²) < 4.78 is 5.11. The van der Waals surface area contributed by atoms with Crippen molar-refractivity contribution in [2.45, 2.75) is 25.9 Å². The number of anilines is 2. The second-order valence-corrected chi connectivity index (χ2v) is 7.97. The van der Waals surface area contributed by atoms with Crippen molar-refractivity contribution in [1.82, 2.24) is 10.6 Å². The average molecular weight is 432 g/mol. The van der Waals surface area contributed by atoms with Gasteiger partial charge in [0.05, 0.1) is 6.26 Å². The highest BCUT2D eigenvalue weighted by molar-refractivity contribution is 6.02. The molecule has 0 bridgehead atoms. The Kier molecular flexibility index (Phi) is 6.75. The molecule has 1 aliphatic rings. The first-order chi connectivity index (χ1) is 15.6. The van der Waals surface area contributed by atoms with E-state index in [1.165, 1.54) is 17.5 Å². The third kappa shape index (κ3) is 5.49. The molecule has 2 aromatic carbocycles. The van der Waals surface area contributed by atoms with Crippen LogP contribution in [-0.4, -0.2) is 38.0 Å². The number of aryl methyl sites for hydroxylation is 1. The van der Waals surface area contributed by atoms with Gasteiger partial charge in [-0.25, -0.2) is 0 Å². The van der Waals surface area contributed by atoms with Gasteiger partial charge in [0, 0.05) is 44.1 Å². The molecule has 0 radical (unpaired) electrons. The van der Waals surface area contributed by atoms with Crippen LogP contribution in [0.1, 0.15) is 28.1 Å². The van der Waals surface area contributed by atoms with Crippen molar-refractivity contribution >= 4 is 23.2 Å². The van der Waals surface area contributed by atoms with E-state index in [2.05, 4.69) is 57.0 Å². The maximum atomic E-state index is 12.1.